The van der Waals surface area contributed by atoms with Crippen LogP contribution >= 0.6 is 11.6 Å². The van der Waals surface area contributed by atoms with E-state index in [9.17, 15) is 9.59 Å². The average molecular weight is 487 g/mol. The summed E-state index contributed by atoms with van der Waals surface area (Å²) in [6.45, 7) is 0.579. The van der Waals surface area contributed by atoms with E-state index < -0.39 is 5.97 Å². The highest BCUT2D eigenvalue weighted by molar-refractivity contribution is 6.30. The second kappa shape index (κ2) is 11.7. The second-order valence-electron chi connectivity index (χ2n) is 9.03. The van der Waals surface area contributed by atoms with Gasteiger partial charge in [-0.2, -0.15) is 0 Å². The number of halogens is 1. The summed E-state index contributed by atoms with van der Waals surface area (Å²) in [5, 5.41) is 12.4. The molecule has 7 nitrogen and oxygen atoms in total. The highest BCUT2D eigenvalue weighted by Crippen LogP contribution is 2.50. The Bertz CT molecular complexity index is 1000. The highest BCUT2D eigenvalue weighted by Gasteiger charge is 2.51. The van der Waals surface area contributed by atoms with Crippen LogP contribution in [0.4, 0.5) is 0 Å². The lowest BCUT2D eigenvalue weighted by atomic mass is 9.77. The van der Waals surface area contributed by atoms with Crippen molar-refractivity contribution in [2.75, 3.05) is 6.54 Å². The first-order valence-electron chi connectivity index (χ1n) is 12.0. The summed E-state index contributed by atoms with van der Waals surface area (Å²) in [5.74, 6) is -0.219. The fraction of sp³-hybridized carbons (Fsp3) is 0.500. The van der Waals surface area contributed by atoms with Gasteiger partial charge in [0.2, 0.25) is 5.89 Å². The van der Waals surface area contributed by atoms with Gasteiger partial charge < -0.3 is 19.6 Å². The van der Waals surface area contributed by atoms with Gasteiger partial charge in [-0.3, -0.25) is 9.59 Å². The van der Waals surface area contributed by atoms with Crippen LogP contribution in [0.3, 0.4) is 0 Å². The van der Waals surface area contributed by atoms with Gasteiger partial charge in [0.25, 0.3) is 5.91 Å². The highest BCUT2D eigenvalue weighted by atomic mass is 35.5. The van der Waals surface area contributed by atoms with E-state index in [0.717, 1.165) is 43.5 Å². The summed E-state index contributed by atoms with van der Waals surface area (Å²) in [5.41, 5.74) is 1.53. The van der Waals surface area contributed by atoms with E-state index >= 15 is 0 Å². The van der Waals surface area contributed by atoms with Crippen LogP contribution in [0.15, 0.2) is 47.1 Å². The maximum Gasteiger partial charge on any atom is 0.303 e. The molecule has 0 radical (unpaired) electrons. The number of carboxylic acids is 1. The number of allylic oxidation sites excluding steroid dienone is 2. The lowest BCUT2D eigenvalue weighted by Gasteiger charge is -2.24. The number of nitrogens with zero attached hydrogens (tertiary/aromatic N) is 1. The minimum absolute atomic E-state index is 0.0174. The Hall–Kier alpha value is -2.64. The van der Waals surface area contributed by atoms with Crippen LogP contribution in [-0.4, -0.2) is 40.7 Å². The third-order valence-electron chi connectivity index (χ3n) is 6.66. The number of rotatable bonds is 12. The number of carbonyl (C=O) groups excluding carboxylic acids is 1. The molecule has 2 aliphatic rings. The van der Waals surface area contributed by atoms with Crippen molar-refractivity contribution < 1.29 is 23.8 Å². The number of hydrogen-bond donors (Lipinski definition) is 2. The van der Waals surface area contributed by atoms with Crippen LogP contribution in [0.5, 0.6) is 0 Å². The zero-order valence-corrected chi connectivity index (χ0v) is 19.9. The Morgan fingerprint density at radius 1 is 1.15 bits per heavy atom. The first kappa shape index (κ1) is 24.5. The topological polar surface area (TPSA) is 102 Å². The zero-order valence-electron chi connectivity index (χ0n) is 19.1. The van der Waals surface area contributed by atoms with E-state index in [2.05, 4.69) is 10.3 Å². The van der Waals surface area contributed by atoms with Crippen molar-refractivity contribution in [3.8, 4) is 0 Å². The maximum absolute atomic E-state index is 12.5. The Balaban J connectivity index is 1.25. The molecule has 182 valence electrons. The Morgan fingerprint density at radius 3 is 2.74 bits per heavy atom. The first-order valence-corrected chi connectivity index (χ1v) is 12.4. The predicted octanol–water partition coefficient (Wildman–Crippen LogP) is 5.15. The quantitative estimate of drug-likeness (QED) is 0.317. The van der Waals surface area contributed by atoms with E-state index in [0.29, 0.717) is 24.6 Å². The predicted molar refractivity (Wildman–Crippen MR) is 128 cm³/mol. The summed E-state index contributed by atoms with van der Waals surface area (Å²) >= 11 is 5.91. The molecule has 2 bridgehead atoms. The Morgan fingerprint density at radius 2 is 1.94 bits per heavy atom. The molecule has 0 saturated carbocycles. The first-order chi connectivity index (χ1) is 16.5. The molecule has 2 N–H and O–H groups in total. The van der Waals surface area contributed by atoms with Crippen LogP contribution in [-0.2, 0) is 16.0 Å². The van der Waals surface area contributed by atoms with Gasteiger partial charge in [-0.25, -0.2) is 4.98 Å². The number of oxazole rings is 1. The number of amides is 1. The van der Waals surface area contributed by atoms with Crippen LogP contribution in [0.25, 0.3) is 0 Å². The van der Waals surface area contributed by atoms with E-state index in [1.165, 1.54) is 11.8 Å². The molecule has 8 heteroatoms. The number of aryl methyl sites for hydroxylation is 1. The van der Waals surface area contributed by atoms with Gasteiger partial charge in [0, 0.05) is 23.9 Å². The van der Waals surface area contributed by atoms with Gasteiger partial charge in [-0.15, -0.1) is 0 Å². The third kappa shape index (κ3) is 6.27. The van der Waals surface area contributed by atoms with E-state index in [4.69, 9.17) is 25.9 Å². The van der Waals surface area contributed by atoms with Gasteiger partial charge in [0.1, 0.15) is 6.26 Å². The minimum atomic E-state index is -0.794. The van der Waals surface area contributed by atoms with Crippen LogP contribution in [0, 0.1) is 5.92 Å². The summed E-state index contributed by atoms with van der Waals surface area (Å²) in [6, 6.07) is 7.83. The number of ether oxygens (including phenoxy) is 1. The fourth-order valence-electron chi connectivity index (χ4n) is 4.94. The van der Waals surface area contributed by atoms with Crippen molar-refractivity contribution in [2.45, 2.75) is 69.5 Å². The maximum atomic E-state index is 12.5. The van der Waals surface area contributed by atoms with E-state index in [1.54, 1.807) is 0 Å². The van der Waals surface area contributed by atoms with Gasteiger partial charge in [-0.05, 0) is 62.6 Å². The third-order valence-corrected chi connectivity index (χ3v) is 6.91. The molecule has 0 aliphatic carbocycles. The molecule has 1 aromatic carbocycles. The van der Waals surface area contributed by atoms with Crippen molar-refractivity contribution >= 4 is 23.5 Å². The van der Waals surface area contributed by atoms with Crippen molar-refractivity contribution in [1.82, 2.24) is 10.3 Å². The largest absolute Gasteiger partial charge is 0.481 e. The summed E-state index contributed by atoms with van der Waals surface area (Å²) in [6.07, 6.45) is 11.8. The van der Waals surface area contributed by atoms with Gasteiger partial charge in [-0.1, -0.05) is 35.9 Å². The number of aliphatic carboxylic acids is 1. The van der Waals surface area contributed by atoms with Crippen molar-refractivity contribution in [1.29, 1.82) is 0 Å². The lowest BCUT2D eigenvalue weighted by Crippen LogP contribution is -2.26. The lowest BCUT2D eigenvalue weighted by molar-refractivity contribution is -0.136. The van der Waals surface area contributed by atoms with E-state index in [-0.39, 0.29) is 36.4 Å². The van der Waals surface area contributed by atoms with Crippen molar-refractivity contribution in [3.63, 3.8) is 0 Å². The molecule has 2 fully saturated rings. The summed E-state index contributed by atoms with van der Waals surface area (Å²) in [4.78, 5) is 27.7. The molecule has 34 heavy (non-hydrogen) atoms. The number of benzene rings is 1. The van der Waals surface area contributed by atoms with Gasteiger partial charge >= 0.3 is 5.97 Å². The number of nitrogens with one attached hydrogen (secondary N) is 1. The SMILES string of the molecule is O=C(O)CC/C=C/C[C@@H]1[C@H]2CCC(O2)[C@@H]1c1nc(C(=O)NCCCCc2ccc(Cl)cc2)co1. The second-order valence-corrected chi connectivity index (χ2v) is 9.47. The molecular formula is C26H31ClN2O5. The Kier molecular flexibility index (Phi) is 8.40. The molecule has 1 amide bonds. The Labute approximate surface area is 204 Å². The standard InChI is InChI=1S/C26H31ClN2O5/c27-18-11-9-17(10-12-18)6-4-5-15-28-25(32)20-16-33-26(29-20)24-19(21-13-14-22(24)34-21)7-2-1-3-8-23(30)31/h1-2,9-12,16,19,21-22,24H,3-8,13-15H2,(H,28,32)(H,30,31)/b2-1+/t19-,21-,22?,24-/m1/s1. The molecule has 2 aliphatic heterocycles. The number of carbonyl (C=O) groups is 2. The molecular weight excluding hydrogens is 456 g/mol. The van der Waals surface area contributed by atoms with Gasteiger partial charge in [0.05, 0.1) is 18.1 Å². The molecule has 4 atom stereocenters. The van der Waals surface area contributed by atoms with Crippen LogP contribution in [0.2, 0.25) is 5.02 Å². The summed E-state index contributed by atoms with van der Waals surface area (Å²) < 4.78 is 11.9. The minimum Gasteiger partial charge on any atom is -0.481 e. The fourth-order valence-corrected chi connectivity index (χ4v) is 5.06. The monoisotopic (exact) mass is 486 g/mol. The molecule has 2 aromatic rings. The normalized spacial score (nSPS) is 23.6. The number of fused-ring (bicyclic) bond motifs is 2. The van der Waals surface area contributed by atoms with Crippen molar-refractivity contribution in [2.24, 2.45) is 5.92 Å². The smallest absolute Gasteiger partial charge is 0.303 e. The molecule has 0 spiro atoms. The number of hydrogen-bond acceptors (Lipinski definition) is 5. The zero-order chi connectivity index (χ0) is 23.9. The number of aromatic nitrogens is 1. The molecule has 1 unspecified atom stereocenters. The van der Waals surface area contributed by atoms with Crippen LogP contribution < -0.4 is 5.32 Å². The van der Waals surface area contributed by atoms with Crippen LogP contribution in [0.1, 0.15) is 72.8 Å². The average Bonchev–Trinajstić information content (AvgIpc) is 3.56. The molecule has 3 heterocycles. The molecule has 4 rings (SSSR count). The van der Waals surface area contributed by atoms with Gasteiger partial charge in [0.15, 0.2) is 5.69 Å². The number of carboxylic acid groups (broad SMARTS) is 1. The molecule has 2 saturated heterocycles. The number of unbranched alkanes of at least 4 members (excludes halogenated alkanes) is 1. The van der Waals surface area contributed by atoms with Crippen molar-refractivity contribution in [3.05, 3.63) is 64.9 Å². The molecule has 1 aromatic heterocycles. The summed E-state index contributed by atoms with van der Waals surface area (Å²) in [7, 11) is 0. The van der Waals surface area contributed by atoms with E-state index in [1.807, 2.05) is 36.4 Å².